The highest BCUT2D eigenvalue weighted by atomic mass is 32.2. The molecule has 1 aromatic carbocycles. The van der Waals surface area contributed by atoms with Crippen molar-refractivity contribution in [2.75, 3.05) is 5.75 Å². The van der Waals surface area contributed by atoms with Crippen molar-refractivity contribution in [1.82, 2.24) is 19.7 Å². The number of H-pyrrole nitrogens is 1. The summed E-state index contributed by atoms with van der Waals surface area (Å²) in [6.45, 7) is 4.98. The number of hydrogen-bond donors (Lipinski definition) is 1. The molecule has 1 N–H and O–H groups in total. The summed E-state index contributed by atoms with van der Waals surface area (Å²) in [6, 6.07) is 16.1. The highest BCUT2D eigenvalue weighted by Gasteiger charge is 2.17. The van der Waals surface area contributed by atoms with Crippen molar-refractivity contribution in [2.24, 2.45) is 0 Å². The summed E-state index contributed by atoms with van der Waals surface area (Å²) in [6.07, 6.45) is 0.982. The maximum absolute atomic E-state index is 12.8. The number of nitrogens with zero attached hydrogens (tertiary/aromatic N) is 3. The molecule has 4 rings (SSSR count). The number of thiophene rings is 1. The number of carbonyl (C=O) groups excluding carboxylic acids is 1. The zero-order valence-corrected chi connectivity index (χ0v) is 18.0. The molecule has 0 fully saturated rings. The molecule has 0 aliphatic rings. The van der Waals surface area contributed by atoms with E-state index >= 15 is 0 Å². The van der Waals surface area contributed by atoms with E-state index in [1.54, 1.807) is 11.3 Å². The number of rotatable bonds is 8. The Bertz CT molecular complexity index is 1100. The SMILES string of the molecule is Cc1cc(C(=O)CSc2n[nH]c(-c3ccccc3)n2)c(C)n1CCc1cccs1. The van der Waals surface area contributed by atoms with Crippen LogP contribution in [0.15, 0.2) is 59.1 Å². The highest BCUT2D eigenvalue weighted by Crippen LogP contribution is 2.23. The molecular formula is C22H22N4OS2. The Morgan fingerprint density at radius 3 is 2.76 bits per heavy atom. The van der Waals surface area contributed by atoms with Crippen LogP contribution in [0.3, 0.4) is 0 Å². The van der Waals surface area contributed by atoms with Crippen LogP contribution in [0.2, 0.25) is 0 Å². The lowest BCUT2D eigenvalue weighted by Gasteiger charge is -2.09. The van der Waals surface area contributed by atoms with Gasteiger partial charge in [0.05, 0.1) is 5.75 Å². The second-order valence-corrected chi connectivity index (χ2v) is 8.79. The topological polar surface area (TPSA) is 63.6 Å². The van der Waals surface area contributed by atoms with Gasteiger partial charge in [-0.2, -0.15) is 0 Å². The van der Waals surface area contributed by atoms with Crippen molar-refractivity contribution in [3.8, 4) is 11.4 Å². The van der Waals surface area contributed by atoms with Crippen LogP contribution >= 0.6 is 23.1 Å². The predicted molar refractivity (Wildman–Crippen MR) is 119 cm³/mol. The third kappa shape index (κ3) is 4.52. The van der Waals surface area contributed by atoms with E-state index in [2.05, 4.69) is 44.2 Å². The minimum Gasteiger partial charge on any atom is -0.348 e. The Morgan fingerprint density at radius 2 is 2.00 bits per heavy atom. The second kappa shape index (κ2) is 8.80. The summed E-state index contributed by atoms with van der Waals surface area (Å²) < 4.78 is 2.23. The summed E-state index contributed by atoms with van der Waals surface area (Å²) in [7, 11) is 0. The summed E-state index contributed by atoms with van der Waals surface area (Å²) >= 11 is 3.14. The number of nitrogens with one attached hydrogen (secondary N) is 1. The first-order chi connectivity index (χ1) is 14.1. The minimum atomic E-state index is 0.108. The molecule has 3 heterocycles. The molecule has 4 aromatic rings. The zero-order valence-electron chi connectivity index (χ0n) is 16.4. The van der Waals surface area contributed by atoms with E-state index in [1.165, 1.54) is 16.6 Å². The summed E-state index contributed by atoms with van der Waals surface area (Å²) in [5.41, 5.74) is 3.92. The number of Topliss-reactive ketones (excluding diaryl/α,β-unsaturated/α-hetero) is 1. The molecule has 0 aliphatic heterocycles. The molecule has 0 atom stereocenters. The van der Waals surface area contributed by atoms with Crippen LogP contribution in [-0.2, 0) is 13.0 Å². The van der Waals surface area contributed by atoms with Gasteiger partial charge < -0.3 is 4.57 Å². The van der Waals surface area contributed by atoms with Gasteiger partial charge in [-0.3, -0.25) is 9.89 Å². The molecular weight excluding hydrogens is 400 g/mol. The Kier molecular flexibility index (Phi) is 5.97. The molecule has 148 valence electrons. The maximum Gasteiger partial charge on any atom is 0.209 e. The van der Waals surface area contributed by atoms with Gasteiger partial charge in [0.2, 0.25) is 5.16 Å². The molecule has 0 amide bonds. The van der Waals surface area contributed by atoms with E-state index in [-0.39, 0.29) is 5.78 Å². The van der Waals surface area contributed by atoms with Crippen LogP contribution in [0.1, 0.15) is 26.6 Å². The number of ketones is 1. The normalized spacial score (nSPS) is 11.1. The molecule has 0 spiro atoms. The van der Waals surface area contributed by atoms with Crippen LogP contribution in [0.25, 0.3) is 11.4 Å². The van der Waals surface area contributed by atoms with Gasteiger partial charge in [-0.1, -0.05) is 48.2 Å². The Balaban J connectivity index is 1.40. The number of thioether (sulfide) groups is 1. The average molecular weight is 423 g/mol. The number of carbonyl (C=O) groups is 1. The van der Waals surface area contributed by atoms with E-state index in [0.29, 0.717) is 16.7 Å². The van der Waals surface area contributed by atoms with Gasteiger partial charge in [0, 0.05) is 33.9 Å². The van der Waals surface area contributed by atoms with Crippen molar-refractivity contribution < 1.29 is 4.79 Å². The van der Waals surface area contributed by atoms with E-state index in [4.69, 9.17) is 0 Å². The summed E-state index contributed by atoms with van der Waals surface area (Å²) in [5, 5.41) is 9.86. The molecule has 0 bridgehead atoms. The van der Waals surface area contributed by atoms with Gasteiger partial charge in [-0.25, -0.2) is 4.98 Å². The molecule has 3 aromatic heterocycles. The number of hydrogen-bond acceptors (Lipinski definition) is 5. The quantitative estimate of drug-likeness (QED) is 0.314. The highest BCUT2D eigenvalue weighted by molar-refractivity contribution is 7.99. The molecule has 0 saturated heterocycles. The van der Waals surface area contributed by atoms with E-state index in [9.17, 15) is 4.79 Å². The zero-order chi connectivity index (χ0) is 20.2. The molecule has 0 radical (unpaired) electrons. The molecule has 0 aliphatic carbocycles. The number of aromatic nitrogens is 4. The fourth-order valence-corrected chi connectivity index (χ4v) is 4.73. The largest absolute Gasteiger partial charge is 0.348 e. The first kappa shape index (κ1) is 19.7. The van der Waals surface area contributed by atoms with Crippen molar-refractivity contribution in [3.63, 3.8) is 0 Å². The second-order valence-electron chi connectivity index (χ2n) is 6.81. The number of aryl methyl sites for hydroxylation is 2. The van der Waals surface area contributed by atoms with Gasteiger partial charge in [-0.15, -0.1) is 16.4 Å². The van der Waals surface area contributed by atoms with Gasteiger partial charge in [0.1, 0.15) is 0 Å². The van der Waals surface area contributed by atoms with Gasteiger partial charge in [-0.05, 0) is 37.8 Å². The summed E-state index contributed by atoms with van der Waals surface area (Å²) in [5.74, 6) is 1.14. The van der Waals surface area contributed by atoms with Crippen molar-refractivity contribution in [3.05, 3.63) is 75.7 Å². The van der Waals surface area contributed by atoms with Crippen LogP contribution < -0.4 is 0 Å². The summed E-state index contributed by atoms with van der Waals surface area (Å²) in [4.78, 5) is 18.7. The molecule has 0 saturated carbocycles. The fourth-order valence-electron chi connectivity index (χ4n) is 3.35. The van der Waals surface area contributed by atoms with Crippen LogP contribution in [0, 0.1) is 13.8 Å². The first-order valence-electron chi connectivity index (χ1n) is 9.45. The van der Waals surface area contributed by atoms with E-state index < -0.39 is 0 Å². The standard InChI is InChI=1S/C22H22N4OS2/c1-15-13-19(16(2)26(15)11-10-18-9-6-12-28-18)20(27)14-29-22-23-21(24-25-22)17-7-4-3-5-8-17/h3-9,12-13H,10-11,14H2,1-2H3,(H,23,24,25). The third-order valence-corrected chi connectivity index (χ3v) is 6.66. The Labute approximate surface area is 178 Å². The van der Waals surface area contributed by atoms with Gasteiger partial charge in [0.25, 0.3) is 0 Å². The molecule has 7 heteroatoms. The lowest BCUT2D eigenvalue weighted by molar-refractivity contribution is 0.102. The fraction of sp³-hybridized carbons (Fsp3) is 0.227. The smallest absolute Gasteiger partial charge is 0.209 e. The Morgan fingerprint density at radius 1 is 1.17 bits per heavy atom. The lowest BCUT2D eigenvalue weighted by atomic mass is 10.2. The lowest BCUT2D eigenvalue weighted by Crippen LogP contribution is -2.08. The average Bonchev–Trinajstić information content (AvgIpc) is 3.47. The molecule has 5 nitrogen and oxygen atoms in total. The predicted octanol–water partition coefficient (Wildman–Crippen LogP) is 5.17. The third-order valence-electron chi connectivity index (χ3n) is 4.88. The molecule has 0 unspecified atom stereocenters. The molecule has 29 heavy (non-hydrogen) atoms. The minimum absolute atomic E-state index is 0.108. The maximum atomic E-state index is 12.8. The van der Waals surface area contributed by atoms with Crippen molar-refractivity contribution in [2.45, 2.75) is 32.0 Å². The van der Waals surface area contributed by atoms with Crippen LogP contribution in [0.4, 0.5) is 0 Å². The first-order valence-corrected chi connectivity index (χ1v) is 11.3. The number of aromatic amines is 1. The Hall–Kier alpha value is -2.64. The monoisotopic (exact) mass is 422 g/mol. The number of benzene rings is 1. The van der Waals surface area contributed by atoms with Crippen molar-refractivity contribution in [1.29, 1.82) is 0 Å². The van der Waals surface area contributed by atoms with Crippen LogP contribution in [0.5, 0.6) is 0 Å². The van der Waals surface area contributed by atoms with E-state index in [1.807, 2.05) is 43.3 Å². The van der Waals surface area contributed by atoms with Crippen molar-refractivity contribution >= 4 is 28.9 Å². The van der Waals surface area contributed by atoms with Gasteiger partial charge in [0.15, 0.2) is 11.6 Å². The van der Waals surface area contributed by atoms with Crippen LogP contribution in [-0.4, -0.2) is 31.3 Å². The van der Waals surface area contributed by atoms with E-state index in [0.717, 1.165) is 35.5 Å². The van der Waals surface area contributed by atoms with Gasteiger partial charge >= 0.3 is 0 Å².